The molecule has 0 saturated heterocycles. The van der Waals surface area contributed by atoms with Crippen molar-refractivity contribution in [1.82, 2.24) is 10.6 Å². The predicted molar refractivity (Wildman–Crippen MR) is 91.0 cm³/mol. The van der Waals surface area contributed by atoms with Crippen LogP contribution in [0.15, 0.2) is 24.3 Å². The molecule has 5 nitrogen and oxygen atoms in total. The van der Waals surface area contributed by atoms with Gasteiger partial charge in [-0.3, -0.25) is 9.59 Å². The topological polar surface area (TPSA) is 84.2 Å². The number of benzene rings is 1. The van der Waals surface area contributed by atoms with Crippen LogP contribution in [-0.2, 0) is 9.59 Å². The van der Waals surface area contributed by atoms with Crippen LogP contribution in [0.5, 0.6) is 0 Å². The summed E-state index contributed by atoms with van der Waals surface area (Å²) in [6, 6.07) is 6.78. The summed E-state index contributed by atoms with van der Waals surface area (Å²) in [6.07, 6.45) is 4.19. The molecule has 1 saturated carbocycles. The molecule has 1 fully saturated rings. The van der Waals surface area contributed by atoms with E-state index >= 15 is 0 Å². The second-order valence-corrected chi connectivity index (χ2v) is 6.68. The first-order chi connectivity index (χ1) is 10.9. The highest BCUT2D eigenvalue weighted by atomic mass is 35.5. The highest BCUT2D eigenvalue weighted by Crippen LogP contribution is 2.29. The second-order valence-electron chi connectivity index (χ2n) is 6.25. The average molecular weight is 338 g/mol. The number of amides is 2. The molecular weight excluding hydrogens is 314 g/mol. The van der Waals surface area contributed by atoms with Gasteiger partial charge in [0, 0.05) is 18.5 Å². The minimum Gasteiger partial charge on any atom is -0.349 e. The second kappa shape index (κ2) is 7.79. The average Bonchev–Trinajstić information content (AvgIpc) is 2.96. The molecule has 1 unspecified atom stereocenters. The fraction of sp³-hybridized carbons (Fsp3) is 0.529. The molecule has 0 bridgehead atoms. The van der Waals surface area contributed by atoms with Crippen LogP contribution in [0.3, 0.4) is 0 Å². The summed E-state index contributed by atoms with van der Waals surface area (Å²) in [5.74, 6) is -0.266. The van der Waals surface area contributed by atoms with E-state index in [-0.39, 0.29) is 29.8 Å². The lowest BCUT2D eigenvalue weighted by Gasteiger charge is -2.30. The van der Waals surface area contributed by atoms with Gasteiger partial charge in [-0.1, -0.05) is 36.6 Å². The lowest BCUT2D eigenvalue weighted by atomic mass is 9.96. The summed E-state index contributed by atoms with van der Waals surface area (Å²) >= 11 is 5.90. The van der Waals surface area contributed by atoms with E-state index in [4.69, 9.17) is 17.3 Å². The fourth-order valence-electron chi connectivity index (χ4n) is 3.16. The Balaban J connectivity index is 2.06. The maximum Gasteiger partial charge on any atom is 0.222 e. The highest BCUT2D eigenvalue weighted by molar-refractivity contribution is 6.30. The SMILES string of the molecule is CC(=O)NC(CC(=O)NC1(CN)CCCC1)c1ccc(Cl)cc1. The van der Waals surface area contributed by atoms with Crippen LogP contribution >= 0.6 is 11.6 Å². The number of rotatable bonds is 6. The number of hydrogen-bond acceptors (Lipinski definition) is 3. The van der Waals surface area contributed by atoms with E-state index in [1.165, 1.54) is 6.92 Å². The van der Waals surface area contributed by atoms with E-state index < -0.39 is 0 Å². The Morgan fingerprint density at radius 3 is 2.39 bits per heavy atom. The zero-order valence-corrected chi connectivity index (χ0v) is 14.2. The molecule has 6 heteroatoms. The van der Waals surface area contributed by atoms with Crippen LogP contribution in [-0.4, -0.2) is 23.9 Å². The maximum absolute atomic E-state index is 12.5. The molecule has 0 radical (unpaired) electrons. The van der Waals surface area contributed by atoms with E-state index in [9.17, 15) is 9.59 Å². The van der Waals surface area contributed by atoms with Crippen LogP contribution in [0.2, 0.25) is 5.02 Å². The van der Waals surface area contributed by atoms with Crippen molar-refractivity contribution in [2.24, 2.45) is 5.73 Å². The summed E-state index contributed by atoms with van der Waals surface area (Å²) < 4.78 is 0. The highest BCUT2D eigenvalue weighted by Gasteiger charge is 2.34. The minimum atomic E-state index is -0.374. The zero-order chi connectivity index (χ0) is 16.9. The molecule has 0 spiro atoms. The number of hydrogen-bond donors (Lipinski definition) is 3. The van der Waals surface area contributed by atoms with Gasteiger partial charge in [-0.05, 0) is 30.5 Å². The quantitative estimate of drug-likeness (QED) is 0.744. The lowest BCUT2D eigenvalue weighted by molar-refractivity contribution is -0.124. The van der Waals surface area contributed by atoms with Gasteiger partial charge in [0.2, 0.25) is 11.8 Å². The first kappa shape index (κ1) is 17.8. The van der Waals surface area contributed by atoms with Gasteiger partial charge >= 0.3 is 0 Å². The van der Waals surface area contributed by atoms with Gasteiger partial charge in [0.15, 0.2) is 0 Å². The molecule has 1 aromatic rings. The van der Waals surface area contributed by atoms with Gasteiger partial charge in [-0.2, -0.15) is 0 Å². The van der Waals surface area contributed by atoms with Crippen molar-refractivity contribution < 1.29 is 9.59 Å². The smallest absolute Gasteiger partial charge is 0.222 e. The normalized spacial score (nSPS) is 17.5. The Morgan fingerprint density at radius 2 is 1.87 bits per heavy atom. The summed E-state index contributed by atoms with van der Waals surface area (Å²) in [4.78, 5) is 23.9. The van der Waals surface area contributed by atoms with Crippen LogP contribution in [0.25, 0.3) is 0 Å². The van der Waals surface area contributed by atoms with Crippen molar-refractivity contribution in [3.05, 3.63) is 34.9 Å². The molecule has 4 N–H and O–H groups in total. The number of nitrogens with two attached hydrogens (primary N) is 1. The van der Waals surface area contributed by atoms with Crippen molar-refractivity contribution in [3.63, 3.8) is 0 Å². The standard InChI is InChI=1S/C17H24ClN3O2/c1-12(22)20-15(13-4-6-14(18)7-5-13)10-16(23)21-17(11-19)8-2-3-9-17/h4-7,15H,2-3,8-11,19H2,1H3,(H,20,22)(H,21,23). The van der Waals surface area contributed by atoms with E-state index in [1.54, 1.807) is 12.1 Å². The molecule has 1 aliphatic carbocycles. The fourth-order valence-corrected chi connectivity index (χ4v) is 3.28. The molecule has 0 aliphatic heterocycles. The number of carbonyl (C=O) groups is 2. The molecule has 1 aliphatic rings. The molecule has 2 rings (SSSR count). The van der Waals surface area contributed by atoms with Gasteiger partial charge in [0.1, 0.15) is 0 Å². The van der Waals surface area contributed by atoms with Gasteiger partial charge in [0.25, 0.3) is 0 Å². The molecule has 23 heavy (non-hydrogen) atoms. The van der Waals surface area contributed by atoms with Gasteiger partial charge in [0.05, 0.1) is 18.0 Å². The monoisotopic (exact) mass is 337 g/mol. The summed E-state index contributed by atoms with van der Waals surface area (Å²) in [6.45, 7) is 1.89. The Morgan fingerprint density at radius 1 is 1.26 bits per heavy atom. The number of nitrogens with one attached hydrogen (secondary N) is 2. The Labute approximate surface area is 142 Å². The third kappa shape index (κ3) is 4.94. The van der Waals surface area contributed by atoms with E-state index in [0.717, 1.165) is 31.2 Å². The first-order valence-electron chi connectivity index (χ1n) is 7.98. The van der Waals surface area contributed by atoms with E-state index in [2.05, 4.69) is 10.6 Å². The van der Waals surface area contributed by atoms with Crippen molar-refractivity contribution in [1.29, 1.82) is 0 Å². The first-order valence-corrected chi connectivity index (χ1v) is 8.35. The van der Waals surface area contributed by atoms with Crippen molar-refractivity contribution >= 4 is 23.4 Å². The number of halogens is 1. The molecule has 1 aromatic carbocycles. The van der Waals surface area contributed by atoms with Gasteiger partial charge in [-0.15, -0.1) is 0 Å². The molecule has 0 aromatic heterocycles. The van der Waals surface area contributed by atoms with Gasteiger partial charge in [-0.25, -0.2) is 0 Å². The summed E-state index contributed by atoms with van der Waals surface area (Å²) in [7, 11) is 0. The van der Waals surface area contributed by atoms with E-state index in [0.29, 0.717) is 11.6 Å². The molecular formula is C17H24ClN3O2. The molecule has 1 atom stereocenters. The zero-order valence-electron chi connectivity index (χ0n) is 13.4. The molecule has 0 heterocycles. The van der Waals surface area contributed by atoms with Crippen LogP contribution in [0, 0.1) is 0 Å². The third-order valence-electron chi connectivity index (χ3n) is 4.40. The summed E-state index contributed by atoms with van der Waals surface area (Å²) in [5.41, 5.74) is 6.43. The van der Waals surface area contributed by atoms with Gasteiger partial charge < -0.3 is 16.4 Å². The Kier molecular flexibility index (Phi) is 6.02. The van der Waals surface area contributed by atoms with E-state index in [1.807, 2.05) is 12.1 Å². The van der Waals surface area contributed by atoms with Crippen molar-refractivity contribution in [3.8, 4) is 0 Å². The Hall–Kier alpha value is -1.59. The largest absolute Gasteiger partial charge is 0.349 e. The third-order valence-corrected chi connectivity index (χ3v) is 4.65. The van der Waals surface area contributed by atoms with Crippen LogP contribution in [0.1, 0.15) is 50.6 Å². The van der Waals surface area contributed by atoms with Crippen LogP contribution < -0.4 is 16.4 Å². The van der Waals surface area contributed by atoms with Crippen molar-refractivity contribution in [2.75, 3.05) is 6.54 Å². The summed E-state index contributed by atoms with van der Waals surface area (Å²) in [5, 5.41) is 6.53. The molecule has 126 valence electrons. The lowest BCUT2D eigenvalue weighted by Crippen LogP contribution is -2.52. The van der Waals surface area contributed by atoms with Crippen LogP contribution in [0.4, 0.5) is 0 Å². The predicted octanol–water partition coefficient (Wildman–Crippen LogP) is 2.29. The molecule has 2 amide bonds. The maximum atomic E-state index is 12.5. The number of carbonyl (C=O) groups excluding carboxylic acids is 2. The minimum absolute atomic E-state index is 0.0916. The Bertz CT molecular complexity index is 553. The van der Waals surface area contributed by atoms with Crippen molar-refractivity contribution in [2.45, 2.75) is 50.6 Å².